The van der Waals surface area contributed by atoms with Gasteiger partial charge in [-0.05, 0) is 18.8 Å². The molecule has 128 valence electrons. The summed E-state index contributed by atoms with van der Waals surface area (Å²) in [4.78, 5) is 0. The molecule has 5 heteroatoms. The molecule has 0 fully saturated rings. The lowest BCUT2D eigenvalue weighted by Crippen LogP contribution is -2.33. The number of ether oxygens (including phenoxy) is 3. The van der Waals surface area contributed by atoms with E-state index in [0.29, 0.717) is 50.7 Å². The molecule has 0 atom stereocenters. The summed E-state index contributed by atoms with van der Waals surface area (Å²) >= 11 is 12.1. The summed E-state index contributed by atoms with van der Waals surface area (Å²) in [6, 6.07) is 0. The Hall–Kier alpha value is 0.460. The number of rotatable bonds is 15. The largest absolute Gasteiger partial charge is 0.379 e. The van der Waals surface area contributed by atoms with Gasteiger partial charge in [0.25, 0.3) is 0 Å². The summed E-state index contributed by atoms with van der Waals surface area (Å²) in [6.07, 6.45) is 3.16. The van der Waals surface area contributed by atoms with E-state index in [1.807, 2.05) is 0 Å². The maximum Gasteiger partial charge on any atom is 0.0701 e. The minimum atomic E-state index is -0.0307. The van der Waals surface area contributed by atoms with Crippen molar-refractivity contribution in [1.82, 2.24) is 0 Å². The molecule has 0 spiro atoms. The van der Waals surface area contributed by atoms with Gasteiger partial charge >= 0.3 is 0 Å². The molecule has 0 saturated heterocycles. The zero-order valence-electron chi connectivity index (χ0n) is 13.8. The summed E-state index contributed by atoms with van der Waals surface area (Å²) in [5, 5.41) is 0. The molecule has 0 N–H and O–H groups in total. The van der Waals surface area contributed by atoms with E-state index in [9.17, 15) is 0 Å². The van der Waals surface area contributed by atoms with E-state index in [4.69, 9.17) is 37.4 Å². The summed E-state index contributed by atoms with van der Waals surface area (Å²) in [6.45, 7) is 10.5. The van der Waals surface area contributed by atoms with Gasteiger partial charge in [0.1, 0.15) is 0 Å². The van der Waals surface area contributed by atoms with Crippen molar-refractivity contribution >= 4 is 23.2 Å². The van der Waals surface area contributed by atoms with E-state index >= 15 is 0 Å². The summed E-state index contributed by atoms with van der Waals surface area (Å²) in [7, 11) is 0. The highest BCUT2D eigenvalue weighted by Gasteiger charge is 2.31. The fourth-order valence-electron chi connectivity index (χ4n) is 1.83. The number of alkyl halides is 2. The van der Waals surface area contributed by atoms with Gasteiger partial charge in [-0.25, -0.2) is 0 Å². The van der Waals surface area contributed by atoms with Crippen LogP contribution in [0.25, 0.3) is 0 Å². The Morgan fingerprint density at radius 1 is 0.810 bits per heavy atom. The first-order valence-corrected chi connectivity index (χ1v) is 9.05. The van der Waals surface area contributed by atoms with Crippen LogP contribution in [0.5, 0.6) is 0 Å². The SMILES string of the molecule is CCCCOCCOCCOCCC(CCl)(CCl)C(C)C. The van der Waals surface area contributed by atoms with E-state index in [-0.39, 0.29) is 5.41 Å². The van der Waals surface area contributed by atoms with Crippen LogP contribution in [0.2, 0.25) is 0 Å². The summed E-state index contributed by atoms with van der Waals surface area (Å²) in [5.41, 5.74) is -0.0307. The molecule has 0 amide bonds. The molecule has 0 radical (unpaired) electrons. The number of halogens is 2. The van der Waals surface area contributed by atoms with Crippen molar-refractivity contribution < 1.29 is 14.2 Å². The molecular formula is C16H32Cl2O3. The van der Waals surface area contributed by atoms with Gasteiger partial charge in [-0.15, -0.1) is 23.2 Å². The quantitative estimate of drug-likeness (QED) is 0.327. The Morgan fingerprint density at radius 3 is 1.71 bits per heavy atom. The van der Waals surface area contributed by atoms with Gasteiger partial charge in [0.05, 0.1) is 26.4 Å². The zero-order valence-corrected chi connectivity index (χ0v) is 15.3. The van der Waals surface area contributed by atoms with E-state index in [1.54, 1.807) is 0 Å². The van der Waals surface area contributed by atoms with E-state index in [0.717, 1.165) is 25.9 Å². The number of hydrogen-bond acceptors (Lipinski definition) is 3. The van der Waals surface area contributed by atoms with Gasteiger partial charge in [0.15, 0.2) is 0 Å². The lowest BCUT2D eigenvalue weighted by molar-refractivity contribution is 0.00755. The van der Waals surface area contributed by atoms with Crippen LogP contribution in [0.3, 0.4) is 0 Å². The van der Waals surface area contributed by atoms with Crippen LogP contribution < -0.4 is 0 Å². The Morgan fingerprint density at radius 2 is 1.29 bits per heavy atom. The number of hydrogen-bond donors (Lipinski definition) is 0. The maximum absolute atomic E-state index is 6.07. The Bertz CT molecular complexity index is 222. The van der Waals surface area contributed by atoms with Crippen LogP contribution in [0.4, 0.5) is 0 Å². The molecule has 0 aromatic heterocycles. The second-order valence-corrected chi connectivity index (χ2v) is 6.26. The fraction of sp³-hybridized carbons (Fsp3) is 1.00. The number of unbranched alkanes of at least 4 members (excludes halogenated alkanes) is 1. The summed E-state index contributed by atoms with van der Waals surface area (Å²) in [5.74, 6) is 1.60. The maximum atomic E-state index is 6.07. The third-order valence-corrected chi connectivity index (χ3v) is 4.95. The highest BCUT2D eigenvalue weighted by molar-refractivity contribution is 6.21. The lowest BCUT2D eigenvalue weighted by Gasteiger charge is -2.33. The van der Waals surface area contributed by atoms with Crippen molar-refractivity contribution in [1.29, 1.82) is 0 Å². The van der Waals surface area contributed by atoms with E-state index in [1.165, 1.54) is 0 Å². The fourth-order valence-corrected chi connectivity index (χ4v) is 3.00. The van der Waals surface area contributed by atoms with Crippen molar-refractivity contribution in [2.24, 2.45) is 11.3 Å². The molecule has 0 aliphatic heterocycles. The minimum absolute atomic E-state index is 0.0307. The Kier molecular flexibility index (Phi) is 14.4. The predicted octanol–water partition coefficient (Wildman–Crippen LogP) is 4.35. The van der Waals surface area contributed by atoms with Gasteiger partial charge < -0.3 is 14.2 Å². The average molecular weight is 343 g/mol. The van der Waals surface area contributed by atoms with E-state index < -0.39 is 0 Å². The standard InChI is InChI=1S/C16H32Cl2O3/c1-4-5-7-19-9-11-21-12-10-20-8-6-16(13-17,14-18)15(2)3/h15H,4-14H2,1-3H3. The van der Waals surface area contributed by atoms with Crippen LogP contribution in [0.15, 0.2) is 0 Å². The smallest absolute Gasteiger partial charge is 0.0701 e. The molecule has 0 aliphatic carbocycles. The van der Waals surface area contributed by atoms with Crippen LogP contribution in [-0.4, -0.2) is 51.4 Å². The normalized spacial score (nSPS) is 12.3. The van der Waals surface area contributed by atoms with Crippen LogP contribution >= 0.6 is 23.2 Å². The molecule has 0 saturated carbocycles. The molecule has 0 heterocycles. The zero-order chi connectivity index (χ0) is 16.0. The third-order valence-electron chi connectivity index (χ3n) is 3.89. The van der Waals surface area contributed by atoms with Crippen molar-refractivity contribution in [3.63, 3.8) is 0 Å². The van der Waals surface area contributed by atoms with Crippen LogP contribution in [0, 0.1) is 11.3 Å². The third kappa shape index (κ3) is 9.96. The molecular weight excluding hydrogens is 311 g/mol. The first-order chi connectivity index (χ1) is 10.1. The highest BCUT2D eigenvalue weighted by Crippen LogP contribution is 2.34. The monoisotopic (exact) mass is 342 g/mol. The minimum Gasteiger partial charge on any atom is -0.379 e. The van der Waals surface area contributed by atoms with Crippen molar-refractivity contribution in [3.8, 4) is 0 Å². The Labute approximate surface area is 140 Å². The predicted molar refractivity (Wildman–Crippen MR) is 90.7 cm³/mol. The summed E-state index contributed by atoms with van der Waals surface area (Å²) < 4.78 is 16.5. The van der Waals surface area contributed by atoms with Gasteiger partial charge in [-0.3, -0.25) is 0 Å². The second kappa shape index (κ2) is 14.1. The van der Waals surface area contributed by atoms with Crippen molar-refractivity contribution in [2.45, 2.75) is 40.0 Å². The first-order valence-electron chi connectivity index (χ1n) is 7.98. The first kappa shape index (κ1) is 21.5. The van der Waals surface area contributed by atoms with Crippen molar-refractivity contribution in [3.05, 3.63) is 0 Å². The molecule has 0 aromatic carbocycles. The molecule has 0 rings (SSSR count). The molecule has 0 unspecified atom stereocenters. The highest BCUT2D eigenvalue weighted by atomic mass is 35.5. The second-order valence-electron chi connectivity index (χ2n) is 5.73. The Balaban J connectivity index is 3.46. The van der Waals surface area contributed by atoms with Gasteiger partial charge in [0, 0.05) is 30.4 Å². The lowest BCUT2D eigenvalue weighted by atomic mass is 9.78. The average Bonchev–Trinajstić information content (AvgIpc) is 2.49. The van der Waals surface area contributed by atoms with E-state index in [2.05, 4.69) is 20.8 Å². The molecule has 0 aromatic rings. The van der Waals surface area contributed by atoms with Crippen molar-refractivity contribution in [2.75, 3.05) is 51.4 Å². The van der Waals surface area contributed by atoms with Gasteiger partial charge in [-0.2, -0.15) is 0 Å². The van der Waals surface area contributed by atoms with Crippen LogP contribution in [0.1, 0.15) is 40.0 Å². The molecule has 21 heavy (non-hydrogen) atoms. The van der Waals surface area contributed by atoms with Gasteiger partial charge in [0.2, 0.25) is 0 Å². The molecule has 3 nitrogen and oxygen atoms in total. The molecule has 0 aliphatic rings. The van der Waals surface area contributed by atoms with Crippen LogP contribution in [-0.2, 0) is 14.2 Å². The van der Waals surface area contributed by atoms with Gasteiger partial charge in [-0.1, -0.05) is 27.2 Å². The topological polar surface area (TPSA) is 27.7 Å². The molecule has 0 bridgehead atoms.